The Hall–Kier alpha value is -0.820. The highest BCUT2D eigenvalue weighted by Crippen LogP contribution is 2.05. The summed E-state index contributed by atoms with van der Waals surface area (Å²) in [4.78, 5) is 10.6. The van der Waals surface area contributed by atoms with Gasteiger partial charge in [0.1, 0.15) is 5.60 Å². The predicted molar refractivity (Wildman–Crippen MR) is 40.8 cm³/mol. The first kappa shape index (κ1) is 11.2. The van der Waals surface area contributed by atoms with E-state index < -0.39 is 22.7 Å². The monoisotopic (exact) mass is 197 g/mol. The molecule has 0 saturated carbocycles. The van der Waals surface area contributed by atoms with Crippen LogP contribution in [-0.2, 0) is 20.0 Å². The van der Waals surface area contributed by atoms with E-state index in [0.29, 0.717) is 0 Å². The van der Waals surface area contributed by atoms with Crippen molar-refractivity contribution in [3.63, 3.8) is 0 Å². The third-order valence-electron chi connectivity index (χ3n) is 0.602. The molecule has 72 valence electrons. The molecule has 6 nitrogen and oxygen atoms in total. The van der Waals surface area contributed by atoms with Gasteiger partial charge in [0.05, 0.1) is 0 Å². The maximum atomic E-state index is 10.6. The minimum Gasteiger partial charge on any atom is -0.442 e. The Kier molecular flexibility index (Phi) is 3.98. The Labute approximate surface area is 72.0 Å². The summed E-state index contributed by atoms with van der Waals surface area (Å²) in [7, 11) is -3.09. The van der Waals surface area contributed by atoms with Gasteiger partial charge in [0, 0.05) is 0 Å². The number of carbonyl (C=O) groups excluding carboxylic acids is 1. The number of hydrogen-bond acceptors (Lipinski definition) is 5. The molecular formula is C5H11NO5S. The number of amides is 1. The molecule has 0 heterocycles. The lowest BCUT2D eigenvalue weighted by atomic mass is 10.2. The second-order valence-corrected chi connectivity index (χ2v) is 3.55. The van der Waals surface area contributed by atoms with Crippen LogP contribution in [0.1, 0.15) is 20.8 Å². The van der Waals surface area contributed by atoms with Crippen LogP contribution >= 0.6 is 0 Å². The lowest BCUT2D eigenvalue weighted by molar-refractivity contribution is 0.0308. The summed E-state index contributed by atoms with van der Waals surface area (Å²) < 4.78 is 28.1. The summed E-state index contributed by atoms with van der Waals surface area (Å²) in [6.45, 7) is 4.93. The number of hydrogen-bond donors (Lipinski definition) is 2. The number of thiol groups is 1. The van der Waals surface area contributed by atoms with E-state index in [1.54, 1.807) is 26.3 Å². The average molecular weight is 197 g/mol. The molecule has 12 heavy (non-hydrogen) atoms. The zero-order chi connectivity index (χ0) is 9.78. The molecule has 0 rings (SSSR count). The van der Waals surface area contributed by atoms with Gasteiger partial charge in [0.25, 0.3) is 11.0 Å². The molecule has 0 aromatic heterocycles. The summed E-state index contributed by atoms with van der Waals surface area (Å²) >= 11 is 0. The van der Waals surface area contributed by atoms with Crippen LogP contribution in [0.4, 0.5) is 4.79 Å². The lowest BCUT2D eigenvalue weighted by Gasteiger charge is -2.18. The first-order chi connectivity index (χ1) is 5.31. The van der Waals surface area contributed by atoms with Gasteiger partial charge in [-0.05, 0) is 20.8 Å². The van der Waals surface area contributed by atoms with Crippen molar-refractivity contribution < 1.29 is 22.2 Å². The van der Waals surface area contributed by atoms with Crippen LogP contribution in [0.3, 0.4) is 0 Å². The quantitative estimate of drug-likeness (QED) is 0.480. The number of hydroxylamine groups is 1. The molecule has 0 saturated heterocycles. The Morgan fingerprint density at radius 3 is 2.17 bits per heavy atom. The lowest BCUT2D eigenvalue weighted by Crippen LogP contribution is -2.32. The zero-order valence-corrected chi connectivity index (χ0v) is 7.88. The third kappa shape index (κ3) is 7.29. The molecular weight excluding hydrogens is 186 g/mol. The van der Waals surface area contributed by atoms with E-state index >= 15 is 0 Å². The number of carbonyl (C=O) groups is 1. The van der Waals surface area contributed by atoms with Crippen LogP contribution in [0.2, 0.25) is 0 Å². The number of ether oxygens (including phenoxy) is 1. The molecule has 0 spiro atoms. The Morgan fingerprint density at radius 2 is 1.83 bits per heavy atom. The van der Waals surface area contributed by atoms with Crippen molar-refractivity contribution in [2.75, 3.05) is 0 Å². The molecule has 0 aliphatic carbocycles. The Balaban J connectivity index is 3.76. The van der Waals surface area contributed by atoms with Crippen LogP contribution < -0.4 is 5.48 Å². The van der Waals surface area contributed by atoms with Crippen LogP contribution in [-0.4, -0.2) is 20.1 Å². The maximum Gasteiger partial charge on any atom is 0.432 e. The van der Waals surface area contributed by atoms with Gasteiger partial charge in [-0.1, -0.05) is 0 Å². The normalized spacial score (nSPS) is 11.3. The molecule has 0 unspecified atom stereocenters. The molecule has 0 aliphatic rings. The number of rotatable bonds is 2. The molecule has 0 aromatic rings. The topological polar surface area (TPSA) is 81.7 Å². The first-order valence-corrected chi connectivity index (χ1v) is 4.21. The van der Waals surface area contributed by atoms with Crippen molar-refractivity contribution in [1.82, 2.24) is 5.48 Å². The Morgan fingerprint density at radius 1 is 1.33 bits per heavy atom. The largest absolute Gasteiger partial charge is 0.442 e. The molecule has 0 aliphatic heterocycles. The molecule has 7 heteroatoms. The smallest absolute Gasteiger partial charge is 0.432 e. The Bertz CT molecular complexity index is 220. The van der Waals surface area contributed by atoms with Gasteiger partial charge in [0.15, 0.2) is 0 Å². The van der Waals surface area contributed by atoms with Crippen molar-refractivity contribution >= 4 is 17.1 Å². The van der Waals surface area contributed by atoms with Crippen molar-refractivity contribution in [2.45, 2.75) is 26.4 Å². The number of nitrogens with one attached hydrogen (secondary N) is 1. The van der Waals surface area contributed by atoms with Crippen LogP contribution in [0.25, 0.3) is 0 Å². The summed E-state index contributed by atoms with van der Waals surface area (Å²) in [5.41, 5.74) is 0.903. The fourth-order valence-corrected chi connectivity index (χ4v) is 0.523. The highest BCUT2D eigenvalue weighted by Gasteiger charge is 2.15. The van der Waals surface area contributed by atoms with Gasteiger partial charge >= 0.3 is 6.09 Å². The van der Waals surface area contributed by atoms with Crippen molar-refractivity contribution in [3.05, 3.63) is 0 Å². The van der Waals surface area contributed by atoms with Crippen LogP contribution in [0.15, 0.2) is 0 Å². The van der Waals surface area contributed by atoms with Crippen molar-refractivity contribution in [2.24, 2.45) is 0 Å². The van der Waals surface area contributed by atoms with E-state index in [4.69, 9.17) is 0 Å². The van der Waals surface area contributed by atoms with Gasteiger partial charge in [-0.2, -0.15) is 5.48 Å². The molecule has 0 radical (unpaired) electrons. The van der Waals surface area contributed by atoms with E-state index in [1.165, 1.54) is 0 Å². The SMILES string of the molecule is CC(C)(C)OC(=O)NO[SH](=O)=O. The van der Waals surface area contributed by atoms with E-state index in [-0.39, 0.29) is 0 Å². The van der Waals surface area contributed by atoms with Crippen LogP contribution in [0, 0.1) is 0 Å². The molecule has 0 aromatic carbocycles. The van der Waals surface area contributed by atoms with Crippen molar-refractivity contribution in [1.29, 1.82) is 0 Å². The van der Waals surface area contributed by atoms with Crippen molar-refractivity contribution in [3.8, 4) is 0 Å². The summed E-state index contributed by atoms with van der Waals surface area (Å²) in [6.07, 6.45) is -0.943. The fourth-order valence-electron chi connectivity index (χ4n) is 0.373. The summed E-state index contributed by atoms with van der Waals surface area (Å²) in [5, 5.41) is 0. The third-order valence-corrected chi connectivity index (χ3v) is 0.843. The van der Waals surface area contributed by atoms with Gasteiger partial charge in [-0.3, -0.25) is 0 Å². The van der Waals surface area contributed by atoms with Crippen LogP contribution in [0.5, 0.6) is 0 Å². The molecule has 1 amide bonds. The minimum absolute atomic E-state index is 0.679. The van der Waals surface area contributed by atoms with Gasteiger partial charge in [0.2, 0.25) is 0 Å². The van der Waals surface area contributed by atoms with Gasteiger partial charge in [-0.25, -0.2) is 13.2 Å². The predicted octanol–water partition coefficient (Wildman–Crippen LogP) is -0.0309. The maximum absolute atomic E-state index is 10.6. The van der Waals surface area contributed by atoms with E-state index in [9.17, 15) is 13.2 Å². The second-order valence-electron chi connectivity index (χ2n) is 2.92. The molecule has 0 atom stereocenters. The average Bonchev–Trinajstić information content (AvgIpc) is 1.79. The standard InChI is InChI=1S/C5H11NO5S/c1-5(2,3)10-4(7)6-11-12(8)9/h12H,1-3H3,(H,6,7). The molecule has 1 N–H and O–H groups in total. The van der Waals surface area contributed by atoms with E-state index in [0.717, 1.165) is 0 Å². The molecule has 0 fully saturated rings. The highest BCUT2D eigenvalue weighted by atomic mass is 32.2. The van der Waals surface area contributed by atoms with E-state index in [2.05, 4.69) is 9.02 Å². The first-order valence-electron chi connectivity index (χ1n) is 3.11. The fraction of sp³-hybridized carbons (Fsp3) is 0.800. The van der Waals surface area contributed by atoms with E-state index in [1.807, 2.05) is 0 Å². The summed E-state index contributed by atoms with van der Waals surface area (Å²) in [5.74, 6) is 0. The molecule has 0 bridgehead atoms. The van der Waals surface area contributed by atoms with Gasteiger partial charge < -0.3 is 4.74 Å². The summed E-state index contributed by atoms with van der Waals surface area (Å²) in [6, 6.07) is 0. The second kappa shape index (κ2) is 4.27. The van der Waals surface area contributed by atoms with Gasteiger partial charge in [-0.15, -0.1) is 4.28 Å². The highest BCUT2D eigenvalue weighted by molar-refractivity contribution is 7.67. The zero-order valence-electron chi connectivity index (χ0n) is 6.99. The minimum atomic E-state index is -3.09.